The van der Waals surface area contributed by atoms with Crippen LogP contribution in [0.5, 0.6) is 0 Å². The lowest BCUT2D eigenvalue weighted by atomic mass is 9.98. The maximum atomic E-state index is 13.3. The van der Waals surface area contributed by atoms with Crippen LogP contribution in [0.1, 0.15) is 54.0 Å². The van der Waals surface area contributed by atoms with Crippen LogP contribution in [-0.4, -0.2) is 45.8 Å². The molecular formula is C26H31N5O2. The number of hydrogen-bond donors (Lipinski definition) is 3. The standard InChI is InChI=1S/C26H31N5O2/c1-2-28-25(32)20-13-11-18(12-14-20)16-21(27)26(33)31-15-7-6-10-23(31)24-29-17-22(30-24)19-8-4-3-5-9-19/h3-5,8-9,11-14,17,21,23H,2,6-7,10,15-16,27H2,1H3,(H,28,32)(H,29,30)/t21-,23-/m0/s1. The lowest BCUT2D eigenvalue weighted by Crippen LogP contribution is -2.48. The number of piperidine rings is 1. The molecule has 7 nitrogen and oxygen atoms in total. The van der Waals surface area contributed by atoms with Gasteiger partial charge in [0.2, 0.25) is 5.91 Å². The first-order valence-corrected chi connectivity index (χ1v) is 11.6. The molecule has 4 N–H and O–H groups in total. The Morgan fingerprint density at radius 2 is 1.91 bits per heavy atom. The Hall–Kier alpha value is -3.45. The number of amides is 2. The molecule has 0 radical (unpaired) electrons. The lowest BCUT2D eigenvalue weighted by Gasteiger charge is -2.36. The molecule has 1 aliphatic rings. The maximum Gasteiger partial charge on any atom is 0.251 e. The number of aromatic nitrogens is 2. The van der Waals surface area contributed by atoms with Gasteiger partial charge in [0.25, 0.3) is 5.91 Å². The van der Waals surface area contributed by atoms with Crippen LogP contribution in [0, 0.1) is 0 Å². The van der Waals surface area contributed by atoms with E-state index in [2.05, 4.69) is 15.3 Å². The minimum Gasteiger partial charge on any atom is -0.352 e. The van der Waals surface area contributed by atoms with Crippen molar-refractivity contribution in [1.29, 1.82) is 0 Å². The average Bonchev–Trinajstić information content (AvgIpc) is 3.35. The highest BCUT2D eigenvalue weighted by Crippen LogP contribution is 2.31. The van der Waals surface area contributed by atoms with Crippen molar-refractivity contribution < 1.29 is 9.59 Å². The van der Waals surface area contributed by atoms with Gasteiger partial charge in [-0.25, -0.2) is 4.98 Å². The van der Waals surface area contributed by atoms with Gasteiger partial charge in [-0.1, -0.05) is 42.5 Å². The number of nitrogens with zero attached hydrogens (tertiary/aromatic N) is 2. The van der Waals surface area contributed by atoms with Crippen molar-refractivity contribution in [2.45, 2.75) is 44.7 Å². The van der Waals surface area contributed by atoms with E-state index in [0.717, 1.165) is 41.9 Å². The summed E-state index contributed by atoms with van der Waals surface area (Å²) < 4.78 is 0. The minimum atomic E-state index is -0.649. The van der Waals surface area contributed by atoms with Crippen molar-refractivity contribution >= 4 is 11.8 Å². The number of aromatic amines is 1. The molecule has 2 aromatic carbocycles. The Labute approximate surface area is 194 Å². The van der Waals surface area contributed by atoms with Crippen molar-refractivity contribution in [2.24, 2.45) is 5.73 Å². The first kappa shape index (κ1) is 22.7. The quantitative estimate of drug-likeness (QED) is 0.518. The second kappa shape index (κ2) is 10.4. The van der Waals surface area contributed by atoms with Gasteiger partial charge in [-0.2, -0.15) is 0 Å². The van der Waals surface area contributed by atoms with Gasteiger partial charge < -0.3 is 20.9 Å². The zero-order valence-corrected chi connectivity index (χ0v) is 19.0. The summed E-state index contributed by atoms with van der Waals surface area (Å²) >= 11 is 0. The molecule has 2 atom stereocenters. The van der Waals surface area contributed by atoms with E-state index < -0.39 is 6.04 Å². The normalized spacial score (nSPS) is 16.9. The summed E-state index contributed by atoms with van der Waals surface area (Å²) in [5.41, 5.74) is 9.91. The van der Waals surface area contributed by atoms with Crippen LogP contribution in [-0.2, 0) is 11.2 Å². The van der Waals surface area contributed by atoms with Gasteiger partial charge in [0.1, 0.15) is 5.82 Å². The highest BCUT2D eigenvalue weighted by molar-refractivity contribution is 5.94. The molecule has 2 heterocycles. The van der Waals surface area contributed by atoms with E-state index in [4.69, 9.17) is 5.73 Å². The lowest BCUT2D eigenvalue weighted by molar-refractivity contribution is -0.136. The van der Waals surface area contributed by atoms with Crippen molar-refractivity contribution in [1.82, 2.24) is 20.2 Å². The fraction of sp³-hybridized carbons (Fsp3) is 0.346. The highest BCUT2D eigenvalue weighted by atomic mass is 16.2. The molecule has 7 heteroatoms. The maximum absolute atomic E-state index is 13.3. The second-order valence-corrected chi connectivity index (χ2v) is 8.46. The van der Waals surface area contributed by atoms with Gasteiger partial charge in [0.05, 0.1) is 24.0 Å². The Bertz CT molecular complexity index is 1080. The summed E-state index contributed by atoms with van der Waals surface area (Å²) in [5, 5.41) is 2.78. The number of nitrogens with two attached hydrogens (primary N) is 1. The van der Waals surface area contributed by atoms with Crippen molar-refractivity contribution in [3.8, 4) is 11.3 Å². The van der Waals surface area contributed by atoms with Gasteiger partial charge in [-0.05, 0) is 55.9 Å². The van der Waals surface area contributed by atoms with Gasteiger partial charge in [0.15, 0.2) is 0 Å². The number of hydrogen-bond acceptors (Lipinski definition) is 4. The molecule has 0 bridgehead atoms. The number of likely N-dealkylation sites (tertiary alicyclic amines) is 1. The summed E-state index contributed by atoms with van der Waals surface area (Å²) in [7, 11) is 0. The number of benzene rings is 2. The summed E-state index contributed by atoms with van der Waals surface area (Å²) in [6, 6.07) is 16.6. The smallest absolute Gasteiger partial charge is 0.251 e. The molecule has 0 saturated carbocycles. The third-order valence-electron chi connectivity index (χ3n) is 6.11. The van der Waals surface area contributed by atoms with Crippen LogP contribution >= 0.6 is 0 Å². The largest absolute Gasteiger partial charge is 0.352 e. The average molecular weight is 446 g/mol. The van der Waals surface area contributed by atoms with Crippen molar-refractivity contribution in [3.63, 3.8) is 0 Å². The summed E-state index contributed by atoms with van der Waals surface area (Å²) in [5.74, 6) is 0.638. The summed E-state index contributed by atoms with van der Waals surface area (Å²) in [4.78, 5) is 35.2. The molecule has 3 aromatic rings. The molecule has 0 spiro atoms. The molecule has 0 aliphatic carbocycles. The van der Waals surface area contributed by atoms with Gasteiger partial charge in [-0.15, -0.1) is 0 Å². The second-order valence-electron chi connectivity index (χ2n) is 8.46. The Balaban J connectivity index is 1.45. The van der Waals surface area contributed by atoms with Gasteiger partial charge in [-0.3, -0.25) is 9.59 Å². The number of H-pyrrole nitrogens is 1. The third-order valence-corrected chi connectivity index (χ3v) is 6.11. The minimum absolute atomic E-state index is 0.0647. The molecule has 1 aromatic heterocycles. The number of carbonyl (C=O) groups is 2. The van der Waals surface area contributed by atoms with E-state index in [0.29, 0.717) is 25.1 Å². The summed E-state index contributed by atoms with van der Waals surface area (Å²) in [6.45, 7) is 3.14. The van der Waals surface area contributed by atoms with Crippen LogP contribution in [0.25, 0.3) is 11.3 Å². The Morgan fingerprint density at radius 1 is 1.15 bits per heavy atom. The fourth-order valence-electron chi connectivity index (χ4n) is 4.36. The molecule has 1 aliphatic heterocycles. The SMILES string of the molecule is CCNC(=O)c1ccc(C[C@H](N)C(=O)N2CCCC[C@H]2c2ncc(-c3ccccc3)[nH]2)cc1. The van der Waals surface area contributed by atoms with E-state index in [-0.39, 0.29) is 17.9 Å². The molecule has 172 valence electrons. The Morgan fingerprint density at radius 3 is 2.64 bits per heavy atom. The van der Waals surface area contributed by atoms with E-state index in [1.165, 1.54) is 0 Å². The molecule has 1 fully saturated rings. The van der Waals surface area contributed by atoms with Gasteiger partial charge >= 0.3 is 0 Å². The zero-order chi connectivity index (χ0) is 23.2. The summed E-state index contributed by atoms with van der Waals surface area (Å²) in [6.07, 6.45) is 5.12. The molecule has 4 rings (SSSR count). The molecule has 1 saturated heterocycles. The number of imidazole rings is 1. The monoisotopic (exact) mass is 445 g/mol. The Kier molecular flexibility index (Phi) is 7.19. The molecular weight excluding hydrogens is 414 g/mol. The topological polar surface area (TPSA) is 104 Å². The fourth-order valence-corrected chi connectivity index (χ4v) is 4.36. The van der Waals surface area contributed by atoms with E-state index in [1.807, 2.05) is 60.5 Å². The van der Waals surface area contributed by atoms with Crippen molar-refractivity contribution in [3.05, 3.63) is 77.7 Å². The van der Waals surface area contributed by atoms with Gasteiger partial charge in [0, 0.05) is 18.7 Å². The number of rotatable bonds is 7. The zero-order valence-electron chi connectivity index (χ0n) is 19.0. The van der Waals surface area contributed by atoms with E-state index in [9.17, 15) is 9.59 Å². The first-order valence-electron chi connectivity index (χ1n) is 11.6. The highest BCUT2D eigenvalue weighted by Gasteiger charge is 2.32. The van der Waals surface area contributed by atoms with Crippen LogP contribution in [0.2, 0.25) is 0 Å². The first-order chi connectivity index (χ1) is 16.1. The van der Waals surface area contributed by atoms with Crippen LogP contribution in [0.4, 0.5) is 0 Å². The molecule has 33 heavy (non-hydrogen) atoms. The third kappa shape index (κ3) is 5.31. The number of nitrogens with one attached hydrogen (secondary N) is 2. The predicted octanol–water partition coefficient (Wildman–Crippen LogP) is 3.45. The van der Waals surface area contributed by atoms with Crippen molar-refractivity contribution in [2.75, 3.05) is 13.1 Å². The van der Waals surface area contributed by atoms with Crippen LogP contribution < -0.4 is 11.1 Å². The van der Waals surface area contributed by atoms with Crippen LogP contribution in [0.3, 0.4) is 0 Å². The van der Waals surface area contributed by atoms with E-state index >= 15 is 0 Å². The molecule has 2 amide bonds. The van der Waals surface area contributed by atoms with E-state index in [1.54, 1.807) is 12.1 Å². The van der Waals surface area contributed by atoms with Crippen LogP contribution in [0.15, 0.2) is 60.8 Å². The predicted molar refractivity (Wildman–Crippen MR) is 128 cm³/mol. The number of carbonyl (C=O) groups excluding carboxylic acids is 2. The molecule has 0 unspecified atom stereocenters.